The van der Waals surface area contributed by atoms with Gasteiger partial charge in [-0.2, -0.15) is 0 Å². The Morgan fingerprint density at radius 2 is 2.21 bits per heavy atom. The summed E-state index contributed by atoms with van der Waals surface area (Å²) in [5.41, 5.74) is 0. The van der Waals surface area contributed by atoms with Crippen LogP contribution in [0.1, 0.15) is 39.5 Å². The molecule has 0 spiro atoms. The zero-order valence-corrected chi connectivity index (χ0v) is 15.0. The first kappa shape index (κ1) is 19.1. The molecule has 138 valence electrons. The second-order valence-electron chi connectivity index (χ2n) is 7.05. The van der Waals surface area contributed by atoms with Gasteiger partial charge in [-0.15, -0.1) is 0 Å². The van der Waals surface area contributed by atoms with Gasteiger partial charge in [0.25, 0.3) is 0 Å². The largest absolute Gasteiger partial charge is 0.392 e. The molecular weight excluding hydrogens is 308 g/mol. The van der Waals surface area contributed by atoms with Crippen LogP contribution in [-0.2, 0) is 9.59 Å². The summed E-state index contributed by atoms with van der Waals surface area (Å²) in [5.74, 6) is -0.134. The zero-order chi connectivity index (χ0) is 17.5. The van der Waals surface area contributed by atoms with Gasteiger partial charge < -0.3 is 15.7 Å². The van der Waals surface area contributed by atoms with E-state index in [-0.39, 0.29) is 17.9 Å². The van der Waals surface area contributed by atoms with Crippen molar-refractivity contribution in [3.8, 4) is 0 Å². The maximum atomic E-state index is 12.3. The first-order valence-electron chi connectivity index (χ1n) is 9.21. The van der Waals surface area contributed by atoms with Crippen molar-refractivity contribution in [2.45, 2.75) is 57.7 Å². The topological polar surface area (TPSA) is 84.9 Å². The molecule has 3 N–H and O–H groups in total. The maximum absolute atomic E-state index is 12.3. The fourth-order valence-electron chi connectivity index (χ4n) is 3.59. The molecule has 7 heteroatoms. The molecule has 0 bridgehead atoms. The van der Waals surface area contributed by atoms with E-state index in [1.807, 2.05) is 6.92 Å². The van der Waals surface area contributed by atoms with Gasteiger partial charge in [-0.3, -0.25) is 19.4 Å². The number of rotatable bonds is 6. The van der Waals surface area contributed by atoms with Crippen molar-refractivity contribution in [3.63, 3.8) is 0 Å². The minimum Gasteiger partial charge on any atom is -0.392 e. The van der Waals surface area contributed by atoms with Crippen LogP contribution in [0.15, 0.2) is 0 Å². The Morgan fingerprint density at radius 1 is 1.42 bits per heavy atom. The normalized spacial score (nSPS) is 28.0. The Labute approximate surface area is 144 Å². The molecule has 2 rings (SSSR count). The average molecular weight is 340 g/mol. The predicted molar refractivity (Wildman–Crippen MR) is 92.6 cm³/mol. The van der Waals surface area contributed by atoms with Gasteiger partial charge in [0.05, 0.1) is 12.6 Å². The molecule has 0 unspecified atom stereocenters. The standard InChI is InChI=1S/C17H32N4O3/c1-3-14-11-20(8-9-21(14)10-13(2)22)12-16(23)19-15-6-4-5-7-18-17(15)24/h13-15,22H,3-12H2,1-2H3,(H,18,24)(H,19,23)/t13-,14+,15+/m0/s1. The number of carbonyl (C=O) groups is 2. The molecule has 0 aromatic rings. The van der Waals surface area contributed by atoms with Crippen LogP contribution >= 0.6 is 0 Å². The highest BCUT2D eigenvalue weighted by atomic mass is 16.3. The van der Waals surface area contributed by atoms with Crippen molar-refractivity contribution < 1.29 is 14.7 Å². The van der Waals surface area contributed by atoms with Crippen molar-refractivity contribution in [1.29, 1.82) is 0 Å². The second kappa shape index (κ2) is 9.34. The second-order valence-corrected chi connectivity index (χ2v) is 7.05. The number of nitrogens with one attached hydrogen (secondary N) is 2. The Bertz CT molecular complexity index is 430. The summed E-state index contributed by atoms with van der Waals surface area (Å²) in [4.78, 5) is 28.7. The van der Waals surface area contributed by atoms with Crippen LogP contribution in [0.4, 0.5) is 0 Å². The highest BCUT2D eigenvalue weighted by Crippen LogP contribution is 2.13. The molecule has 2 amide bonds. The van der Waals surface area contributed by atoms with Crippen molar-refractivity contribution in [2.24, 2.45) is 0 Å². The summed E-state index contributed by atoms with van der Waals surface area (Å²) in [7, 11) is 0. The molecule has 24 heavy (non-hydrogen) atoms. The number of amides is 2. The number of aliphatic hydroxyl groups excluding tert-OH is 1. The van der Waals surface area contributed by atoms with Gasteiger partial charge in [0.1, 0.15) is 6.04 Å². The minimum absolute atomic E-state index is 0.0611. The van der Waals surface area contributed by atoms with Crippen LogP contribution in [0.2, 0.25) is 0 Å². The number of β-amino-alcohol motifs (C(OH)–C–C–N with tert-alkyl or cyclic N) is 1. The third kappa shape index (κ3) is 5.72. The van der Waals surface area contributed by atoms with Crippen LogP contribution < -0.4 is 10.6 Å². The number of piperazine rings is 1. The molecule has 0 radical (unpaired) electrons. The van der Waals surface area contributed by atoms with E-state index in [0.717, 1.165) is 45.3 Å². The Morgan fingerprint density at radius 3 is 2.92 bits per heavy atom. The summed E-state index contributed by atoms with van der Waals surface area (Å²) >= 11 is 0. The summed E-state index contributed by atoms with van der Waals surface area (Å²) in [5, 5.41) is 15.3. The van der Waals surface area contributed by atoms with Gasteiger partial charge in [-0.1, -0.05) is 6.92 Å². The summed E-state index contributed by atoms with van der Waals surface area (Å²) in [6.07, 6.45) is 3.32. The van der Waals surface area contributed by atoms with Crippen LogP contribution in [-0.4, -0.2) is 84.2 Å². The van der Waals surface area contributed by atoms with E-state index in [1.54, 1.807) is 0 Å². The predicted octanol–water partition coefficient (Wildman–Crippen LogP) is -0.452. The molecule has 2 heterocycles. The van der Waals surface area contributed by atoms with E-state index in [2.05, 4.69) is 27.4 Å². The minimum atomic E-state index is -0.390. The number of nitrogens with zero attached hydrogens (tertiary/aromatic N) is 2. The number of hydrogen-bond acceptors (Lipinski definition) is 5. The molecule has 0 aliphatic carbocycles. The molecule has 2 aliphatic rings. The Kier molecular flexibility index (Phi) is 7.45. The zero-order valence-electron chi connectivity index (χ0n) is 15.0. The van der Waals surface area contributed by atoms with E-state index in [9.17, 15) is 14.7 Å². The van der Waals surface area contributed by atoms with Crippen molar-refractivity contribution >= 4 is 11.8 Å². The summed E-state index contributed by atoms with van der Waals surface area (Å²) in [6, 6.07) is -0.0270. The highest BCUT2D eigenvalue weighted by molar-refractivity contribution is 5.88. The maximum Gasteiger partial charge on any atom is 0.242 e. The van der Waals surface area contributed by atoms with Crippen molar-refractivity contribution in [2.75, 3.05) is 39.3 Å². The average Bonchev–Trinajstić information content (AvgIpc) is 2.73. The number of carbonyl (C=O) groups excluding carboxylic acids is 2. The van der Waals surface area contributed by atoms with Gasteiger partial charge in [-0.25, -0.2) is 0 Å². The molecule has 0 aromatic heterocycles. The Balaban J connectivity index is 1.80. The van der Waals surface area contributed by atoms with Gasteiger partial charge in [0.2, 0.25) is 11.8 Å². The lowest BCUT2D eigenvalue weighted by atomic mass is 10.1. The van der Waals surface area contributed by atoms with Crippen LogP contribution in [0.25, 0.3) is 0 Å². The van der Waals surface area contributed by atoms with Crippen LogP contribution in [0.5, 0.6) is 0 Å². The first-order chi connectivity index (χ1) is 11.5. The summed E-state index contributed by atoms with van der Waals surface area (Å²) < 4.78 is 0. The SMILES string of the molecule is CC[C@@H]1CN(CC(=O)N[C@@H]2CCCCNC2=O)CCN1C[C@H](C)O. The van der Waals surface area contributed by atoms with Crippen LogP contribution in [0, 0.1) is 0 Å². The van der Waals surface area contributed by atoms with E-state index in [0.29, 0.717) is 25.7 Å². The third-order valence-corrected chi connectivity index (χ3v) is 4.90. The lowest BCUT2D eigenvalue weighted by Gasteiger charge is -2.41. The fraction of sp³-hybridized carbons (Fsp3) is 0.882. The number of hydrogen-bond donors (Lipinski definition) is 3. The van der Waals surface area contributed by atoms with Gasteiger partial charge >= 0.3 is 0 Å². The van der Waals surface area contributed by atoms with Gasteiger partial charge in [0.15, 0.2) is 0 Å². The molecule has 3 atom stereocenters. The monoisotopic (exact) mass is 340 g/mol. The fourth-order valence-corrected chi connectivity index (χ4v) is 3.59. The van der Waals surface area contributed by atoms with E-state index >= 15 is 0 Å². The molecule has 0 aromatic carbocycles. The molecular formula is C17H32N4O3. The summed E-state index contributed by atoms with van der Waals surface area (Å²) in [6.45, 7) is 8.17. The van der Waals surface area contributed by atoms with Gasteiger partial charge in [-0.05, 0) is 32.6 Å². The quantitative estimate of drug-likeness (QED) is 0.610. The lowest BCUT2D eigenvalue weighted by Crippen LogP contribution is -2.57. The van der Waals surface area contributed by atoms with E-state index < -0.39 is 6.04 Å². The molecule has 2 fully saturated rings. The Hall–Kier alpha value is -1.18. The smallest absolute Gasteiger partial charge is 0.242 e. The molecule has 0 saturated carbocycles. The lowest BCUT2D eigenvalue weighted by molar-refractivity contribution is -0.129. The molecule has 2 saturated heterocycles. The first-order valence-corrected chi connectivity index (χ1v) is 9.21. The van der Waals surface area contributed by atoms with Crippen molar-refractivity contribution in [1.82, 2.24) is 20.4 Å². The van der Waals surface area contributed by atoms with E-state index in [4.69, 9.17) is 0 Å². The highest BCUT2D eigenvalue weighted by Gasteiger charge is 2.28. The third-order valence-electron chi connectivity index (χ3n) is 4.90. The van der Waals surface area contributed by atoms with Gasteiger partial charge in [0, 0.05) is 38.8 Å². The van der Waals surface area contributed by atoms with E-state index in [1.165, 1.54) is 0 Å². The number of aliphatic hydroxyl groups is 1. The molecule has 7 nitrogen and oxygen atoms in total. The van der Waals surface area contributed by atoms with Crippen molar-refractivity contribution in [3.05, 3.63) is 0 Å². The molecule has 2 aliphatic heterocycles. The van der Waals surface area contributed by atoms with Crippen LogP contribution in [0.3, 0.4) is 0 Å².